The molecule has 130 valence electrons. The Morgan fingerprint density at radius 2 is 2.08 bits per heavy atom. The first-order valence-electron chi connectivity index (χ1n) is 6.39. The molecule has 1 aromatic heterocycles. The third kappa shape index (κ3) is 4.01. The highest BCUT2D eigenvalue weighted by atomic mass is 35.5. The van der Waals surface area contributed by atoms with Gasteiger partial charge in [-0.25, -0.2) is 4.72 Å². The topological polar surface area (TPSA) is 87.1 Å². The summed E-state index contributed by atoms with van der Waals surface area (Å²) < 4.78 is 62.3. The first-order chi connectivity index (χ1) is 11.1. The minimum absolute atomic E-state index is 0.142. The summed E-state index contributed by atoms with van der Waals surface area (Å²) in [7, 11) is 0. The van der Waals surface area contributed by atoms with E-state index in [1.54, 1.807) is 0 Å². The van der Waals surface area contributed by atoms with Crippen LogP contribution in [0.25, 0.3) is 5.69 Å². The zero-order valence-corrected chi connectivity index (χ0v) is 13.6. The second-order valence-corrected chi connectivity index (χ2v) is 5.89. The molecule has 0 bridgehead atoms. The van der Waals surface area contributed by atoms with Crippen molar-refractivity contribution in [2.24, 2.45) is 0 Å². The van der Waals surface area contributed by atoms with Crippen LogP contribution in [-0.2, 0) is 24.0 Å². The van der Waals surface area contributed by atoms with Crippen LogP contribution in [0, 0.1) is 6.92 Å². The molecule has 0 radical (unpaired) electrons. The maximum atomic E-state index is 12.8. The molecule has 0 fully saturated rings. The quantitative estimate of drug-likeness (QED) is 0.823. The average Bonchev–Trinajstić information content (AvgIpc) is 2.48. The zero-order chi connectivity index (χ0) is 18.1. The summed E-state index contributed by atoms with van der Waals surface area (Å²) in [5.74, 6) is 0. The standard InChI is InChI=1S/C13H11ClF3N3O3S/c1-7-10(13(15,16)17)6-18-20(12(7)21)9-2-3-11(14)8(4-9)5-19-24(22)23/h2-4,6,19H,5H2,1H3,(H,22,23)/p-1. The third-order valence-electron chi connectivity index (χ3n) is 3.18. The molecule has 1 aromatic carbocycles. The Labute approximate surface area is 141 Å². The molecule has 24 heavy (non-hydrogen) atoms. The van der Waals surface area contributed by atoms with Crippen molar-refractivity contribution in [2.75, 3.05) is 0 Å². The van der Waals surface area contributed by atoms with Crippen LogP contribution in [0.15, 0.2) is 29.2 Å². The van der Waals surface area contributed by atoms with Crippen molar-refractivity contribution < 1.29 is 21.9 Å². The van der Waals surface area contributed by atoms with E-state index in [0.717, 1.165) is 11.6 Å². The van der Waals surface area contributed by atoms with Crippen LogP contribution in [0.1, 0.15) is 16.7 Å². The van der Waals surface area contributed by atoms with E-state index in [4.69, 9.17) is 11.6 Å². The fourth-order valence-corrected chi connectivity index (χ4v) is 2.43. The van der Waals surface area contributed by atoms with Gasteiger partial charge in [0, 0.05) is 28.4 Å². The summed E-state index contributed by atoms with van der Waals surface area (Å²) >= 11 is 3.41. The van der Waals surface area contributed by atoms with Crippen LogP contribution in [0.4, 0.5) is 13.2 Å². The largest absolute Gasteiger partial charge is 0.760 e. The van der Waals surface area contributed by atoms with Crippen LogP contribution in [-0.4, -0.2) is 18.5 Å². The van der Waals surface area contributed by atoms with Gasteiger partial charge in [-0.1, -0.05) is 11.6 Å². The SMILES string of the molecule is Cc1c(C(F)(F)F)cnn(-c2ccc(Cl)c(CNS(=O)[O-])c2)c1=O. The van der Waals surface area contributed by atoms with E-state index >= 15 is 0 Å². The van der Waals surface area contributed by atoms with Crippen LogP contribution in [0.2, 0.25) is 5.02 Å². The van der Waals surface area contributed by atoms with Gasteiger partial charge in [0.05, 0.1) is 17.4 Å². The van der Waals surface area contributed by atoms with E-state index in [1.807, 2.05) is 0 Å². The summed E-state index contributed by atoms with van der Waals surface area (Å²) in [6.45, 7) is 0.916. The highest BCUT2D eigenvalue weighted by Crippen LogP contribution is 2.30. The van der Waals surface area contributed by atoms with Gasteiger partial charge in [0.15, 0.2) is 0 Å². The normalized spacial score (nSPS) is 13.1. The predicted octanol–water partition coefficient (Wildman–Crippen LogP) is 2.10. The molecule has 1 atom stereocenters. The van der Waals surface area contributed by atoms with Crippen LogP contribution >= 0.6 is 11.6 Å². The number of nitrogens with zero attached hydrogens (tertiary/aromatic N) is 2. The maximum Gasteiger partial charge on any atom is 0.418 e. The maximum absolute atomic E-state index is 12.8. The van der Waals surface area contributed by atoms with Gasteiger partial charge < -0.3 is 4.55 Å². The molecule has 1 unspecified atom stereocenters. The highest BCUT2D eigenvalue weighted by Gasteiger charge is 2.34. The first kappa shape index (κ1) is 18.6. The van der Waals surface area contributed by atoms with E-state index < -0.39 is 34.1 Å². The smallest absolute Gasteiger partial charge is 0.418 e. The molecule has 0 aliphatic rings. The van der Waals surface area contributed by atoms with Crippen molar-refractivity contribution in [1.29, 1.82) is 0 Å². The molecule has 0 amide bonds. The molecule has 0 saturated carbocycles. The van der Waals surface area contributed by atoms with Crippen molar-refractivity contribution in [1.82, 2.24) is 14.5 Å². The Bertz CT molecular complexity index is 855. The molecule has 2 aromatic rings. The number of benzene rings is 1. The monoisotopic (exact) mass is 380 g/mol. The van der Waals surface area contributed by atoms with Gasteiger partial charge in [-0.15, -0.1) is 0 Å². The summed E-state index contributed by atoms with van der Waals surface area (Å²) in [6, 6.07) is 4.15. The molecule has 0 spiro atoms. The molecular weight excluding hydrogens is 371 g/mol. The Morgan fingerprint density at radius 1 is 1.42 bits per heavy atom. The van der Waals surface area contributed by atoms with Crippen LogP contribution in [0.5, 0.6) is 0 Å². The van der Waals surface area contributed by atoms with Crippen molar-refractivity contribution in [3.05, 3.63) is 56.5 Å². The Hall–Kier alpha value is -1.75. The lowest BCUT2D eigenvalue weighted by molar-refractivity contribution is -0.138. The van der Waals surface area contributed by atoms with Crippen molar-refractivity contribution >= 4 is 22.9 Å². The van der Waals surface area contributed by atoms with E-state index in [-0.39, 0.29) is 17.3 Å². The minimum atomic E-state index is -4.68. The van der Waals surface area contributed by atoms with Gasteiger partial charge in [-0.05, 0) is 30.7 Å². The van der Waals surface area contributed by atoms with Gasteiger partial charge in [-0.2, -0.15) is 23.0 Å². The lowest BCUT2D eigenvalue weighted by Crippen LogP contribution is -2.27. The van der Waals surface area contributed by atoms with Crippen molar-refractivity contribution in [3.63, 3.8) is 0 Å². The lowest BCUT2D eigenvalue weighted by atomic mass is 10.1. The van der Waals surface area contributed by atoms with Gasteiger partial charge >= 0.3 is 6.18 Å². The fourth-order valence-electron chi connectivity index (χ4n) is 1.97. The Balaban J connectivity index is 2.49. The number of nitrogens with one attached hydrogen (secondary N) is 1. The van der Waals surface area contributed by atoms with Gasteiger partial charge in [0.2, 0.25) is 0 Å². The predicted molar refractivity (Wildman–Crippen MR) is 80.3 cm³/mol. The van der Waals surface area contributed by atoms with Crippen LogP contribution < -0.4 is 10.3 Å². The summed E-state index contributed by atoms with van der Waals surface area (Å²) in [4.78, 5) is 12.2. The first-order valence-corrected chi connectivity index (χ1v) is 7.84. The van der Waals surface area contributed by atoms with Gasteiger partial charge in [-0.3, -0.25) is 9.00 Å². The molecule has 1 heterocycles. The fraction of sp³-hybridized carbons (Fsp3) is 0.231. The Kier molecular flexibility index (Phi) is 5.43. The average molecular weight is 381 g/mol. The van der Waals surface area contributed by atoms with E-state index in [9.17, 15) is 26.7 Å². The number of rotatable bonds is 4. The van der Waals surface area contributed by atoms with E-state index in [1.165, 1.54) is 18.2 Å². The number of hydrogen-bond donors (Lipinski definition) is 1. The number of alkyl halides is 3. The molecule has 6 nitrogen and oxygen atoms in total. The molecule has 0 saturated heterocycles. The summed E-state index contributed by atoms with van der Waals surface area (Å²) in [5.41, 5.74) is -2.04. The third-order valence-corrected chi connectivity index (χ3v) is 3.93. The lowest BCUT2D eigenvalue weighted by Gasteiger charge is -2.13. The molecule has 2 rings (SSSR count). The number of aromatic nitrogens is 2. The molecule has 0 aliphatic carbocycles. The second kappa shape index (κ2) is 7.01. The number of hydrogen-bond acceptors (Lipinski definition) is 4. The Morgan fingerprint density at radius 3 is 2.67 bits per heavy atom. The van der Waals surface area contributed by atoms with Crippen molar-refractivity contribution in [2.45, 2.75) is 19.6 Å². The molecular formula is C13H10ClF3N3O3S-. The van der Waals surface area contributed by atoms with Gasteiger partial charge in [0.1, 0.15) is 0 Å². The molecule has 11 heteroatoms. The van der Waals surface area contributed by atoms with Crippen molar-refractivity contribution in [3.8, 4) is 5.69 Å². The molecule has 0 aliphatic heterocycles. The van der Waals surface area contributed by atoms with Crippen LogP contribution in [0.3, 0.4) is 0 Å². The zero-order valence-electron chi connectivity index (χ0n) is 12.1. The van der Waals surface area contributed by atoms with E-state index in [0.29, 0.717) is 11.8 Å². The molecule has 1 N–H and O–H groups in total. The summed E-state index contributed by atoms with van der Waals surface area (Å²) in [6.07, 6.45) is -4.11. The van der Waals surface area contributed by atoms with E-state index in [2.05, 4.69) is 9.82 Å². The number of halogens is 4. The highest BCUT2D eigenvalue weighted by molar-refractivity contribution is 7.77. The second-order valence-electron chi connectivity index (χ2n) is 4.73. The summed E-state index contributed by atoms with van der Waals surface area (Å²) in [5, 5.41) is 3.77. The van der Waals surface area contributed by atoms with Gasteiger partial charge in [0.25, 0.3) is 5.56 Å². The minimum Gasteiger partial charge on any atom is -0.760 e.